The SMILES string of the molecule is OC[C@H]1CCCN1c1cc(Nc2cccnc2)n2ncc(Br)c2n1. The smallest absolute Gasteiger partial charge is 0.173 e. The lowest BCUT2D eigenvalue weighted by Gasteiger charge is -2.25. The van der Waals surface area contributed by atoms with E-state index < -0.39 is 0 Å². The van der Waals surface area contributed by atoms with Gasteiger partial charge in [0, 0.05) is 18.8 Å². The number of rotatable bonds is 4. The molecular weight excluding hydrogens is 372 g/mol. The maximum absolute atomic E-state index is 9.61. The van der Waals surface area contributed by atoms with Crippen molar-refractivity contribution < 1.29 is 5.11 Å². The maximum atomic E-state index is 9.61. The highest BCUT2D eigenvalue weighted by Gasteiger charge is 2.26. The lowest BCUT2D eigenvalue weighted by atomic mass is 10.2. The summed E-state index contributed by atoms with van der Waals surface area (Å²) < 4.78 is 2.59. The number of hydrogen-bond donors (Lipinski definition) is 2. The lowest BCUT2D eigenvalue weighted by Crippen LogP contribution is -2.32. The summed E-state index contributed by atoms with van der Waals surface area (Å²) in [7, 11) is 0. The van der Waals surface area contributed by atoms with Crippen LogP contribution in [0.1, 0.15) is 12.8 Å². The second-order valence-corrected chi connectivity index (χ2v) is 6.62. The Kier molecular flexibility index (Phi) is 4.07. The number of nitrogens with one attached hydrogen (secondary N) is 1. The summed E-state index contributed by atoms with van der Waals surface area (Å²) in [6.45, 7) is 1.03. The molecule has 0 aliphatic carbocycles. The predicted molar refractivity (Wildman–Crippen MR) is 95.7 cm³/mol. The van der Waals surface area contributed by atoms with Gasteiger partial charge in [-0.15, -0.1) is 0 Å². The van der Waals surface area contributed by atoms with Gasteiger partial charge in [0.25, 0.3) is 0 Å². The number of aliphatic hydroxyl groups excluding tert-OH is 1. The van der Waals surface area contributed by atoms with Crippen LogP contribution >= 0.6 is 15.9 Å². The van der Waals surface area contributed by atoms with Crippen molar-refractivity contribution in [3.8, 4) is 0 Å². The van der Waals surface area contributed by atoms with Crippen molar-refractivity contribution in [3.05, 3.63) is 41.3 Å². The van der Waals surface area contributed by atoms with Crippen LogP contribution in [0.3, 0.4) is 0 Å². The standard InChI is InChI=1S/C16H17BrN6O/c17-13-9-19-23-15(20-11-3-1-5-18-8-11)7-14(21-16(13)23)22-6-2-4-12(22)10-24/h1,3,5,7-9,12,20,24H,2,4,6,10H2/t12-/m1/s1. The van der Waals surface area contributed by atoms with Gasteiger partial charge >= 0.3 is 0 Å². The summed E-state index contributed by atoms with van der Waals surface area (Å²) in [5.41, 5.74) is 1.62. The number of aliphatic hydroxyl groups is 1. The second kappa shape index (κ2) is 6.37. The molecule has 3 aromatic heterocycles. The molecule has 0 spiro atoms. The molecule has 0 bridgehead atoms. The van der Waals surface area contributed by atoms with Gasteiger partial charge in [0.15, 0.2) is 5.65 Å². The Bertz CT molecular complexity index is 852. The van der Waals surface area contributed by atoms with Crippen LogP contribution in [0.2, 0.25) is 0 Å². The van der Waals surface area contributed by atoms with Crippen molar-refractivity contribution in [2.75, 3.05) is 23.4 Å². The van der Waals surface area contributed by atoms with Gasteiger partial charge in [-0.05, 0) is 40.9 Å². The van der Waals surface area contributed by atoms with Gasteiger partial charge in [-0.25, -0.2) is 4.98 Å². The Morgan fingerprint density at radius 2 is 2.29 bits per heavy atom. The summed E-state index contributed by atoms with van der Waals surface area (Å²) in [5.74, 6) is 1.64. The van der Waals surface area contributed by atoms with E-state index in [-0.39, 0.29) is 12.6 Å². The van der Waals surface area contributed by atoms with Crippen LogP contribution in [-0.4, -0.2) is 43.9 Å². The molecule has 24 heavy (non-hydrogen) atoms. The van der Waals surface area contributed by atoms with Gasteiger partial charge in [-0.3, -0.25) is 4.98 Å². The highest BCUT2D eigenvalue weighted by Crippen LogP contribution is 2.30. The average Bonchev–Trinajstić information content (AvgIpc) is 3.23. The zero-order chi connectivity index (χ0) is 16.5. The van der Waals surface area contributed by atoms with E-state index >= 15 is 0 Å². The molecule has 124 valence electrons. The number of aromatic nitrogens is 4. The van der Waals surface area contributed by atoms with Crippen molar-refractivity contribution in [3.63, 3.8) is 0 Å². The fourth-order valence-corrected chi connectivity index (χ4v) is 3.42. The molecule has 4 heterocycles. The highest BCUT2D eigenvalue weighted by molar-refractivity contribution is 9.10. The Hall–Kier alpha value is -2.19. The number of anilines is 3. The van der Waals surface area contributed by atoms with Crippen LogP contribution in [0.4, 0.5) is 17.3 Å². The van der Waals surface area contributed by atoms with Crippen molar-refractivity contribution in [1.29, 1.82) is 0 Å². The third-order valence-corrected chi connectivity index (χ3v) is 4.79. The molecule has 2 N–H and O–H groups in total. The summed E-state index contributed by atoms with van der Waals surface area (Å²) in [6, 6.07) is 5.91. The summed E-state index contributed by atoms with van der Waals surface area (Å²) in [6.07, 6.45) is 7.27. The molecule has 0 radical (unpaired) electrons. The molecule has 1 saturated heterocycles. The molecule has 3 aromatic rings. The minimum Gasteiger partial charge on any atom is -0.394 e. The van der Waals surface area contributed by atoms with E-state index in [1.165, 1.54) is 0 Å². The molecule has 4 rings (SSSR count). The Labute approximate surface area is 147 Å². The maximum Gasteiger partial charge on any atom is 0.173 e. The van der Waals surface area contributed by atoms with Gasteiger partial charge in [0.2, 0.25) is 0 Å². The fourth-order valence-electron chi connectivity index (χ4n) is 3.07. The number of hydrogen-bond acceptors (Lipinski definition) is 6. The van der Waals surface area contributed by atoms with E-state index in [1.807, 2.05) is 18.2 Å². The van der Waals surface area contributed by atoms with Gasteiger partial charge in [0.1, 0.15) is 11.6 Å². The predicted octanol–water partition coefficient (Wildman–Crippen LogP) is 2.59. The second-order valence-electron chi connectivity index (χ2n) is 5.77. The quantitative estimate of drug-likeness (QED) is 0.714. The Morgan fingerprint density at radius 1 is 1.38 bits per heavy atom. The van der Waals surface area contributed by atoms with Gasteiger partial charge in [0.05, 0.1) is 35.2 Å². The third-order valence-electron chi connectivity index (χ3n) is 4.23. The molecule has 0 aromatic carbocycles. The Balaban J connectivity index is 1.80. The number of halogens is 1. The molecule has 1 fully saturated rings. The lowest BCUT2D eigenvalue weighted by molar-refractivity contribution is 0.266. The van der Waals surface area contributed by atoms with Crippen molar-refractivity contribution in [2.45, 2.75) is 18.9 Å². The molecule has 1 aliphatic heterocycles. The zero-order valence-electron chi connectivity index (χ0n) is 12.9. The van der Waals surface area contributed by atoms with E-state index in [4.69, 9.17) is 4.98 Å². The highest BCUT2D eigenvalue weighted by atomic mass is 79.9. The van der Waals surface area contributed by atoms with E-state index in [1.54, 1.807) is 23.1 Å². The van der Waals surface area contributed by atoms with Crippen molar-refractivity contribution in [1.82, 2.24) is 19.6 Å². The van der Waals surface area contributed by atoms with Gasteiger partial charge < -0.3 is 15.3 Å². The number of fused-ring (bicyclic) bond motifs is 1. The van der Waals surface area contributed by atoms with Crippen LogP contribution in [0.5, 0.6) is 0 Å². The van der Waals surface area contributed by atoms with Crippen LogP contribution in [0.25, 0.3) is 5.65 Å². The van der Waals surface area contributed by atoms with E-state index in [9.17, 15) is 5.11 Å². The van der Waals surface area contributed by atoms with Crippen LogP contribution in [0, 0.1) is 0 Å². The fraction of sp³-hybridized carbons (Fsp3) is 0.312. The van der Waals surface area contributed by atoms with Crippen LogP contribution < -0.4 is 10.2 Å². The first kappa shape index (κ1) is 15.3. The largest absolute Gasteiger partial charge is 0.394 e. The molecule has 0 saturated carbocycles. The average molecular weight is 389 g/mol. The van der Waals surface area contributed by atoms with Gasteiger partial charge in [-0.2, -0.15) is 9.61 Å². The third kappa shape index (κ3) is 2.71. The zero-order valence-corrected chi connectivity index (χ0v) is 14.5. The minimum atomic E-state index is 0.118. The molecule has 1 atom stereocenters. The molecule has 0 unspecified atom stereocenters. The topological polar surface area (TPSA) is 78.6 Å². The molecular formula is C16H17BrN6O. The van der Waals surface area contributed by atoms with Crippen LogP contribution in [0.15, 0.2) is 41.3 Å². The monoisotopic (exact) mass is 388 g/mol. The first-order valence-corrected chi connectivity index (χ1v) is 8.64. The summed E-state index contributed by atoms with van der Waals surface area (Å²) in [5, 5.41) is 17.3. The number of nitrogens with zero attached hydrogens (tertiary/aromatic N) is 5. The van der Waals surface area contributed by atoms with E-state index in [0.717, 1.165) is 46.8 Å². The van der Waals surface area contributed by atoms with Crippen LogP contribution in [-0.2, 0) is 0 Å². The minimum absolute atomic E-state index is 0.118. The normalized spacial score (nSPS) is 17.6. The molecule has 8 heteroatoms. The molecule has 1 aliphatic rings. The van der Waals surface area contributed by atoms with Crippen molar-refractivity contribution in [2.24, 2.45) is 0 Å². The van der Waals surface area contributed by atoms with Crippen molar-refractivity contribution >= 4 is 38.9 Å². The Morgan fingerprint density at radius 3 is 3.08 bits per heavy atom. The molecule has 0 amide bonds. The van der Waals surface area contributed by atoms with E-state index in [0.29, 0.717) is 0 Å². The van der Waals surface area contributed by atoms with E-state index in [2.05, 4.69) is 36.2 Å². The first-order valence-electron chi connectivity index (χ1n) is 7.85. The first-order chi connectivity index (χ1) is 11.8. The number of pyridine rings is 1. The summed E-state index contributed by atoms with van der Waals surface area (Å²) >= 11 is 3.51. The summed E-state index contributed by atoms with van der Waals surface area (Å²) in [4.78, 5) is 11.0. The molecule has 7 nitrogen and oxygen atoms in total. The van der Waals surface area contributed by atoms with Gasteiger partial charge in [-0.1, -0.05) is 0 Å².